The largest absolute Gasteiger partial charge is 0.332 e. The first-order valence-electron chi connectivity index (χ1n) is 8.10. The fourth-order valence-corrected chi connectivity index (χ4v) is 3.10. The van der Waals surface area contributed by atoms with E-state index in [1.807, 2.05) is 27.9 Å². The molecule has 0 unspecified atom stereocenters. The molecule has 3 heterocycles. The van der Waals surface area contributed by atoms with Crippen LogP contribution in [0.4, 0.5) is 0 Å². The molecule has 3 rings (SSSR count). The van der Waals surface area contributed by atoms with Crippen LogP contribution >= 0.6 is 0 Å². The molecule has 6 nitrogen and oxygen atoms in total. The smallest absolute Gasteiger partial charge is 0.274 e. The molecular weight excluding hydrogens is 278 g/mol. The topological polar surface area (TPSA) is 66.8 Å². The molecular formula is C16H23N5O. The van der Waals surface area contributed by atoms with Crippen LogP contribution in [0, 0.1) is 0 Å². The van der Waals surface area contributed by atoms with Crippen LogP contribution in [-0.4, -0.2) is 43.4 Å². The molecule has 22 heavy (non-hydrogen) atoms. The molecule has 1 fully saturated rings. The van der Waals surface area contributed by atoms with Crippen molar-refractivity contribution in [2.45, 2.75) is 51.6 Å². The highest BCUT2D eigenvalue weighted by Gasteiger charge is 2.29. The van der Waals surface area contributed by atoms with Crippen molar-refractivity contribution in [3.63, 3.8) is 0 Å². The fourth-order valence-electron chi connectivity index (χ4n) is 3.10. The van der Waals surface area contributed by atoms with Crippen molar-refractivity contribution in [2.24, 2.45) is 0 Å². The van der Waals surface area contributed by atoms with Crippen LogP contribution in [0.2, 0.25) is 0 Å². The van der Waals surface area contributed by atoms with Gasteiger partial charge in [0.05, 0.1) is 12.6 Å². The van der Waals surface area contributed by atoms with Gasteiger partial charge >= 0.3 is 0 Å². The average Bonchev–Trinajstić information content (AvgIpc) is 3.19. The Morgan fingerprint density at radius 2 is 2.36 bits per heavy atom. The Bertz CT molecular complexity index is 604. The zero-order chi connectivity index (χ0) is 15.4. The Kier molecular flexibility index (Phi) is 4.56. The number of rotatable bonds is 5. The first-order chi connectivity index (χ1) is 10.8. The van der Waals surface area contributed by atoms with Gasteiger partial charge in [0.1, 0.15) is 5.69 Å². The first kappa shape index (κ1) is 14.8. The Balaban J connectivity index is 1.72. The Labute approximate surface area is 130 Å². The van der Waals surface area contributed by atoms with E-state index in [4.69, 9.17) is 0 Å². The van der Waals surface area contributed by atoms with E-state index in [0.29, 0.717) is 5.69 Å². The van der Waals surface area contributed by atoms with E-state index in [-0.39, 0.29) is 11.9 Å². The molecule has 0 radical (unpaired) electrons. The molecule has 1 N–H and O–H groups in total. The van der Waals surface area contributed by atoms with Crippen molar-refractivity contribution in [2.75, 3.05) is 6.54 Å². The molecule has 2 aromatic rings. The number of hydrogen-bond acceptors (Lipinski definition) is 3. The number of aromatic nitrogens is 4. The SMILES string of the molecule is CCCc1cc(C(=O)N2CCCC[C@H]2Cn2cccn2)n[nH]1. The highest BCUT2D eigenvalue weighted by Crippen LogP contribution is 2.20. The molecule has 0 aliphatic carbocycles. The first-order valence-corrected chi connectivity index (χ1v) is 8.10. The van der Waals surface area contributed by atoms with Gasteiger partial charge in [-0.25, -0.2) is 0 Å². The summed E-state index contributed by atoms with van der Waals surface area (Å²) in [5, 5.41) is 11.4. The van der Waals surface area contributed by atoms with Crippen molar-refractivity contribution in [1.82, 2.24) is 24.9 Å². The number of likely N-dealkylation sites (tertiary alicyclic amines) is 1. The van der Waals surface area contributed by atoms with Crippen molar-refractivity contribution in [3.8, 4) is 0 Å². The molecule has 1 aliphatic rings. The van der Waals surface area contributed by atoms with Gasteiger partial charge in [0.2, 0.25) is 0 Å². The molecule has 1 aliphatic heterocycles. The average molecular weight is 301 g/mol. The monoisotopic (exact) mass is 301 g/mol. The molecule has 0 saturated carbocycles. The lowest BCUT2D eigenvalue weighted by molar-refractivity contribution is 0.0578. The van der Waals surface area contributed by atoms with E-state index in [1.165, 1.54) is 0 Å². The maximum atomic E-state index is 12.8. The van der Waals surface area contributed by atoms with Gasteiger partial charge < -0.3 is 4.90 Å². The van der Waals surface area contributed by atoms with Crippen molar-refractivity contribution in [1.29, 1.82) is 0 Å². The number of carbonyl (C=O) groups is 1. The summed E-state index contributed by atoms with van der Waals surface area (Å²) >= 11 is 0. The minimum absolute atomic E-state index is 0.0375. The van der Waals surface area contributed by atoms with Crippen molar-refractivity contribution in [3.05, 3.63) is 35.9 Å². The van der Waals surface area contributed by atoms with Crippen LogP contribution in [0.1, 0.15) is 48.8 Å². The summed E-state index contributed by atoms with van der Waals surface area (Å²) in [5.74, 6) is 0.0375. The number of amides is 1. The van der Waals surface area contributed by atoms with Crippen LogP contribution in [-0.2, 0) is 13.0 Å². The van der Waals surface area contributed by atoms with Crippen molar-refractivity contribution >= 4 is 5.91 Å². The second-order valence-electron chi connectivity index (χ2n) is 5.90. The van der Waals surface area contributed by atoms with E-state index in [2.05, 4.69) is 22.2 Å². The van der Waals surface area contributed by atoms with E-state index in [1.54, 1.807) is 6.20 Å². The molecule has 0 aromatic carbocycles. The second-order valence-corrected chi connectivity index (χ2v) is 5.90. The minimum atomic E-state index is 0.0375. The summed E-state index contributed by atoms with van der Waals surface area (Å²) in [6.07, 6.45) is 8.95. The zero-order valence-corrected chi connectivity index (χ0v) is 13.0. The third kappa shape index (κ3) is 3.21. The molecule has 1 amide bonds. The van der Waals surface area contributed by atoms with Crippen LogP contribution in [0.3, 0.4) is 0 Å². The highest BCUT2D eigenvalue weighted by atomic mass is 16.2. The number of piperidine rings is 1. The quantitative estimate of drug-likeness (QED) is 0.921. The Morgan fingerprint density at radius 3 is 3.14 bits per heavy atom. The van der Waals surface area contributed by atoms with E-state index in [9.17, 15) is 4.79 Å². The summed E-state index contributed by atoms with van der Waals surface area (Å²) < 4.78 is 1.91. The second kappa shape index (κ2) is 6.77. The van der Waals surface area contributed by atoms with Gasteiger partial charge in [-0.15, -0.1) is 0 Å². The standard InChI is InChI=1S/C16H23N5O/c1-2-6-13-11-15(19-18-13)16(22)21-10-4-3-7-14(21)12-20-9-5-8-17-20/h5,8-9,11,14H,2-4,6-7,10,12H2,1H3,(H,18,19)/t14-/m0/s1. The number of carbonyl (C=O) groups excluding carboxylic acids is 1. The normalized spacial score (nSPS) is 18.6. The molecule has 6 heteroatoms. The maximum Gasteiger partial charge on any atom is 0.274 e. The molecule has 2 aromatic heterocycles. The lowest BCUT2D eigenvalue weighted by Gasteiger charge is -2.35. The fraction of sp³-hybridized carbons (Fsp3) is 0.562. The van der Waals surface area contributed by atoms with Crippen LogP contribution < -0.4 is 0 Å². The van der Waals surface area contributed by atoms with Crippen molar-refractivity contribution < 1.29 is 4.79 Å². The number of aryl methyl sites for hydroxylation is 1. The number of aromatic amines is 1. The van der Waals surface area contributed by atoms with Gasteiger partial charge in [0.15, 0.2) is 0 Å². The van der Waals surface area contributed by atoms with Crippen LogP contribution in [0.15, 0.2) is 24.5 Å². The molecule has 0 bridgehead atoms. The van der Waals surface area contributed by atoms with E-state index >= 15 is 0 Å². The molecule has 1 atom stereocenters. The zero-order valence-electron chi connectivity index (χ0n) is 13.0. The Morgan fingerprint density at radius 1 is 1.45 bits per heavy atom. The van der Waals surface area contributed by atoms with Gasteiger partial charge in [-0.2, -0.15) is 10.2 Å². The van der Waals surface area contributed by atoms with Crippen LogP contribution in [0.5, 0.6) is 0 Å². The third-order valence-corrected chi connectivity index (χ3v) is 4.21. The van der Waals surface area contributed by atoms with Crippen LogP contribution in [0.25, 0.3) is 0 Å². The van der Waals surface area contributed by atoms with Gasteiger partial charge in [0.25, 0.3) is 5.91 Å². The highest BCUT2D eigenvalue weighted by molar-refractivity contribution is 5.92. The molecule has 118 valence electrons. The third-order valence-electron chi connectivity index (χ3n) is 4.21. The minimum Gasteiger partial charge on any atom is -0.332 e. The van der Waals surface area contributed by atoms with Gasteiger partial charge in [0, 0.05) is 24.6 Å². The number of nitrogens with zero attached hydrogens (tertiary/aromatic N) is 4. The number of hydrogen-bond donors (Lipinski definition) is 1. The summed E-state index contributed by atoms with van der Waals surface area (Å²) in [4.78, 5) is 14.7. The van der Waals surface area contributed by atoms with Gasteiger partial charge in [-0.3, -0.25) is 14.6 Å². The Hall–Kier alpha value is -2.11. The molecule has 0 spiro atoms. The predicted octanol–water partition coefficient (Wildman–Crippen LogP) is 2.25. The van der Waals surface area contributed by atoms with Gasteiger partial charge in [-0.05, 0) is 37.8 Å². The van der Waals surface area contributed by atoms with Gasteiger partial charge in [-0.1, -0.05) is 13.3 Å². The van der Waals surface area contributed by atoms with E-state index < -0.39 is 0 Å². The summed E-state index contributed by atoms with van der Waals surface area (Å²) in [6.45, 7) is 3.68. The summed E-state index contributed by atoms with van der Waals surface area (Å²) in [5.41, 5.74) is 1.57. The molecule has 1 saturated heterocycles. The lowest BCUT2D eigenvalue weighted by atomic mass is 10.0. The summed E-state index contributed by atoms with van der Waals surface area (Å²) in [6, 6.07) is 4.01. The van der Waals surface area contributed by atoms with E-state index in [0.717, 1.165) is 50.9 Å². The number of H-pyrrole nitrogens is 1. The summed E-state index contributed by atoms with van der Waals surface area (Å²) in [7, 11) is 0. The maximum absolute atomic E-state index is 12.8. The predicted molar refractivity (Wildman–Crippen MR) is 83.5 cm³/mol. The number of nitrogens with one attached hydrogen (secondary N) is 1. The lowest BCUT2D eigenvalue weighted by Crippen LogP contribution is -2.46.